The van der Waals surface area contributed by atoms with Gasteiger partial charge in [-0.1, -0.05) is 12.2 Å². The highest BCUT2D eigenvalue weighted by Crippen LogP contribution is 2.52. The van der Waals surface area contributed by atoms with Gasteiger partial charge in [-0.15, -0.1) is 0 Å². The lowest BCUT2D eigenvalue weighted by Crippen LogP contribution is -2.16. The van der Waals surface area contributed by atoms with Crippen molar-refractivity contribution in [1.29, 1.82) is 5.26 Å². The van der Waals surface area contributed by atoms with Crippen LogP contribution in [0, 0.1) is 29.1 Å². The third-order valence-corrected chi connectivity index (χ3v) is 3.70. The molecule has 2 heteroatoms. The SMILES string of the molecule is N#C[C@@H]1[C@H](c2ccncc2)[C@H]2C=C[C@@H]1C2. The predicted molar refractivity (Wildman–Crippen MR) is 56.8 cm³/mol. The molecule has 2 aliphatic carbocycles. The zero-order chi connectivity index (χ0) is 10.3. The van der Waals surface area contributed by atoms with E-state index in [0.29, 0.717) is 17.8 Å². The summed E-state index contributed by atoms with van der Waals surface area (Å²) in [5.41, 5.74) is 1.27. The zero-order valence-corrected chi connectivity index (χ0v) is 8.38. The fourth-order valence-corrected chi connectivity index (χ4v) is 3.04. The average molecular weight is 196 g/mol. The zero-order valence-electron chi connectivity index (χ0n) is 8.38. The number of nitriles is 1. The first-order chi connectivity index (χ1) is 7.40. The molecule has 0 radical (unpaired) electrons. The molecule has 15 heavy (non-hydrogen) atoms. The minimum absolute atomic E-state index is 0.169. The van der Waals surface area contributed by atoms with Crippen LogP contribution in [0.5, 0.6) is 0 Å². The predicted octanol–water partition coefficient (Wildman–Crippen LogP) is 2.51. The third kappa shape index (κ3) is 1.20. The quantitative estimate of drug-likeness (QED) is 0.647. The van der Waals surface area contributed by atoms with Gasteiger partial charge in [0, 0.05) is 18.3 Å². The summed E-state index contributed by atoms with van der Waals surface area (Å²) < 4.78 is 0. The summed E-state index contributed by atoms with van der Waals surface area (Å²) in [4.78, 5) is 4.03. The summed E-state index contributed by atoms with van der Waals surface area (Å²) in [6.07, 6.45) is 9.30. The summed E-state index contributed by atoms with van der Waals surface area (Å²) in [5.74, 6) is 1.62. The molecule has 2 bridgehead atoms. The van der Waals surface area contributed by atoms with E-state index in [1.165, 1.54) is 5.56 Å². The monoisotopic (exact) mass is 196 g/mol. The van der Waals surface area contributed by atoms with E-state index in [1.54, 1.807) is 0 Å². The van der Waals surface area contributed by atoms with Crippen molar-refractivity contribution in [2.24, 2.45) is 17.8 Å². The molecule has 74 valence electrons. The average Bonchev–Trinajstić information content (AvgIpc) is 2.89. The standard InChI is InChI=1S/C13H12N2/c14-8-12-10-1-2-11(7-10)13(12)9-3-5-15-6-4-9/h1-6,10-13H,7H2/t10-,11+,12+,13-/m1/s1. The highest BCUT2D eigenvalue weighted by Gasteiger charge is 2.45. The number of aromatic nitrogens is 1. The first-order valence-corrected chi connectivity index (χ1v) is 5.38. The van der Waals surface area contributed by atoms with E-state index in [-0.39, 0.29) is 5.92 Å². The summed E-state index contributed by atoms with van der Waals surface area (Å²) in [6.45, 7) is 0. The molecule has 4 atom stereocenters. The molecular formula is C13H12N2. The topological polar surface area (TPSA) is 36.7 Å². The molecule has 0 N–H and O–H groups in total. The van der Waals surface area contributed by atoms with E-state index in [0.717, 1.165) is 6.42 Å². The maximum atomic E-state index is 9.22. The summed E-state index contributed by atoms with van der Waals surface area (Å²) >= 11 is 0. The van der Waals surface area contributed by atoms with E-state index < -0.39 is 0 Å². The van der Waals surface area contributed by atoms with E-state index in [9.17, 15) is 5.26 Å². The first kappa shape index (κ1) is 8.67. The molecule has 1 fully saturated rings. The number of nitrogens with zero attached hydrogens (tertiary/aromatic N) is 2. The molecule has 1 saturated carbocycles. The smallest absolute Gasteiger partial charge is 0.0668 e. The van der Waals surface area contributed by atoms with Crippen LogP contribution in [0.25, 0.3) is 0 Å². The Labute approximate surface area is 89.3 Å². The number of hydrogen-bond donors (Lipinski definition) is 0. The summed E-state index contributed by atoms with van der Waals surface area (Å²) in [7, 11) is 0. The van der Waals surface area contributed by atoms with Gasteiger partial charge in [-0.2, -0.15) is 5.26 Å². The van der Waals surface area contributed by atoms with Crippen molar-refractivity contribution in [3.8, 4) is 6.07 Å². The van der Waals surface area contributed by atoms with Crippen LogP contribution >= 0.6 is 0 Å². The Balaban J connectivity index is 2.00. The van der Waals surface area contributed by atoms with Gasteiger partial charge in [0.25, 0.3) is 0 Å². The molecule has 2 nitrogen and oxygen atoms in total. The molecule has 0 saturated heterocycles. The lowest BCUT2D eigenvalue weighted by Gasteiger charge is -2.22. The maximum absolute atomic E-state index is 9.22. The maximum Gasteiger partial charge on any atom is 0.0668 e. The Hall–Kier alpha value is -1.62. The third-order valence-electron chi connectivity index (χ3n) is 3.70. The van der Waals surface area contributed by atoms with Crippen LogP contribution in [-0.2, 0) is 0 Å². The van der Waals surface area contributed by atoms with Crippen molar-refractivity contribution in [3.63, 3.8) is 0 Å². The Morgan fingerprint density at radius 1 is 1.20 bits per heavy atom. The molecule has 0 spiro atoms. The molecule has 1 aromatic rings. The Bertz CT molecular complexity index is 430. The van der Waals surface area contributed by atoms with Crippen LogP contribution in [0.4, 0.5) is 0 Å². The van der Waals surface area contributed by atoms with Gasteiger partial charge in [0.05, 0.1) is 12.0 Å². The Morgan fingerprint density at radius 2 is 1.93 bits per heavy atom. The highest BCUT2D eigenvalue weighted by molar-refractivity contribution is 5.30. The molecule has 2 aliphatic rings. The molecular weight excluding hydrogens is 184 g/mol. The largest absolute Gasteiger partial charge is 0.265 e. The normalized spacial score (nSPS) is 36.7. The van der Waals surface area contributed by atoms with Crippen LogP contribution in [0.3, 0.4) is 0 Å². The van der Waals surface area contributed by atoms with Gasteiger partial charge in [-0.05, 0) is 36.0 Å². The van der Waals surface area contributed by atoms with E-state index in [4.69, 9.17) is 0 Å². The number of allylic oxidation sites excluding steroid dienone is 2. The lowest BCUT2D eigenvalue weighted by molar-refractivity contribution is 0.488. The van der Waals surface area contributed by atoms with Crippen LogP contribution in [0.15, 0.2) is 36.7 Å². The number of fused-ring (bicyclic) bond motifs is 2. The number of rotatable bonds is 1. The number of pyridine rings is 1. The van der Waals surface area contributed by atoms with Crippen molar-refractivity contribution >= 4 is 0 Å². The van der Waals surface area contributed by atoms with Crippen molar-refractivity contribution in [1.82, 2.24) is 4.98 Å². The van der Waals surface area contributed by atoms with Crippen LogP contribution in [0.1, 0.15) is 17.9 Å². The van der Waals surface area contributed by atoms with Gasteiger partial charge in [0.15, 0.2) is 0 Å². The number of hydrogen-bond acceptors (Lipinski definition) is 2. The minimum Gasteiger partial charge on any atom is -0.265 e. The molecule has 1 heterocycles. The molecule has 0 amide bonds. The minimum atomic E-state index is 0.169. The summed E-state index contributed by atoms with van der Waals surface area (Å²) in [6, 6.07) is 6.56. The Morgan fingerprint density at radius 3 is 2.67 bits per heavy atom. The van der Waals surface area contributed by atoms with Crippen molar-refractivity contribution in [2.75, 3.05) is 0 Å². The van der Waals surface area contributed by atoms with Crippen molar-refractivity contribution < 1.29 is 0 Å². The van der Waals surface area contributed by atoms with Gasteiger partial charge in [-0.25, -0.2) is 0 Å². The molecule has 0 unspecified atom stereocenters. The Kier molecular flexibility index (Phi) is 1.85. The first-order valence-electron chi connectivity index (χ1n) is 5.38. The molecule has 0 aromatic carbocycles. The van der Waals surface area contributed by atoms with E-state index in [1.807, 2.05) is 24.5 Å². The van der Waals surface area contributed by atoms with E-state index >= 15 is 0 Å². The van der Waals surface area contributed by atoms with Gasteiger partial charge in [-0.3, -0.25) is 4.98 Å². The van der Waals surface area contributed by atoms with Crippen LogP contribution in [-0.4, -0.2) is 4.98 Å². The van der Waals surface area contributed by atoms with Gasteiger partial charge in [0.1, 0.15) is 0 Å². The van der Waals surface area contributed by atoms with Crippen molar-refractivity contribution in [3.05, 3.63) is 42.2 Å². The summed E-state index contributed by atoms with van der Waals surface area (Å²) in [5, 5.41) is 9.22. The van der Waals surface area contributed by atoms with Gasteiger partial charge in [0.2, 0.25) is 0 Å². The molecule has 3 rings (SSSR count). The second kappa shape index (κ2) is 3.20. The van der Waals surface area contributed by atoms with Gasteiger partial charge >= 0.3 is 0 Å². The van der Waals surface area contributed by atoms with Crippen LogP contribution in [0.2, 0.25) is 0 Å². The second-order valence-electron chi connectivity index (χ2n) is 4.41. The second-order valence-corrected chi connectivity index (χ2v) is 4.41. The van der Waals surface area contributed by atoms with E-state index in [2.05, 4.69) is 23.2 Å². The lowest BCUT2D eigenvalue weighted by atomic mass is 9.80. The van der Waals surface area contributed by atoms with Crippen molar-refractivity contribution in [2.45, 2.75) is 12.3 Å². The molecule has 0 aliphatic heterocycles. The molecule has 1 aromatic heterocycles. The fourth-order valence-electron chi connectivity index (χ4n) is 3.04. The van der Waals surface area contributed by atoms with Gasteiger partial charge < -0.3 is 0 Å². The fraction of sp³-hybridized carbons (Fsp3) is 0.385. The van der Waals surface area contributed by atoms with Crippen LogP contribution < -0.4 is 0 Å². The highest BCUT2D eigenvalue weighted by atomic mass is 14.6.